The Balaban J connectivity index is 1.56. The van der Waals surface area contributed by atoms with Crippen molar-refractivity contribution in [1.82, 2.24) is 4.90 Å². The third-order valence-corrected chi connectivity index (χ3v) is 6.16. The van der Waals surface area contributed by atoms with Gasteiger partial charge in [0.15, 0.2) is 0 Å². The van der Waals surface area contributed by atoms with Crippen molar-refractivity contribution in [3.63, 3.8) is 0 Å². The average Bonchev–Trinajstić information content (AvgIpc) is 2.47. The molecule has 0 radical (unpaired) electrons. The number of rotatable bonds is 2. The van der Waals surface area contributed by atoms with Gasteiger partial charge < -0.3 is 4.90 Å². The van der Waals surface area contributed by atoms with Crippen LogP contribution in [0, 0.1) is 17.8 Å². The Kier molecular flexibility index (Phi) is 4.28. The van der Waals surface area contributed by atoms with Crippen LogP contribution in [0.15, 0.2) is 0 Å². The Morgan fingerprint density at radius 1 is 0.889 bits per heavy atom. The van der Waals surface area contributed by atoms with E-state index < -0.39 is 0 Å². The maximum absolute atomic E-state index is 2.88. The minimum atomic E-state index is 0.957. The zero-order valence-electron chi connectivity index (χ0n) is 12.2. The van der Waals surface area contributed by atoms with Crippen LogP contribution in [0.1, 0.15) is 71.1 Å². The lowest BCUT2D eigenvalue weighted by Gasteiger charge is -2.45. The van der Waals surface area contributed by atoms with Crippen LogP contribution in [0.3, 0.4) is 0 Å². The fourth-order valence-electron chi connectivity index (χ4n) is 4.94. The molecule has 0 aromatic carbocycles. The summed E-state index contributed by atoms with van der Waals surface area (Å²) in [7, 11) is 0. The lowest BCUT2D eigenvalue weighted by molar-refractivity contribution is 0.0465. The third-order valence-electron chi connectivity index (χ3n) is 6.16. The van der Waals surface area contributed by atoms with Crippen molar-refractivity contribution < 1.29 is 0 Å². The van der Waals surface area contributed by atoms with Crippen LogP contribution in [0.2, 0.25) is 0 Å². The second-order valence-electron chi connectivity index (χ2n) is 7.18. The predicted octanol–water partition coefficient (Wildman–Crippen LogP) is 4.47. The number of nitrogens with zero attached hydrogens (tertiary/aromatic N) is 1. The summed E-state index contributed by atoms with van der Waals surface area (Å²) >= 11 is 0. The molecule has 1 heterocycles. The van der Waals surface area contributed by atoms with Crippen LogP contribution in [0.4, 0.5) is 0 Å². The van der Waals surface area contributed by atoms with E-state index in [1.54, 1.807) is 25.7 Å². The topological polar surface area (TPSA) is 3.24 Å². The van der Waals surface area contributed by atoms with Crippen LogP contribution in [-0.4, -0.2) is 24.0 Å². The molecule has 4 atom stereocenters. The Morgan fingerprint density at radius 3 is 2.56 bits per heavy atom. The summed E-state index contributed by atoms with van der Waals surface area (Å²) in [5, 5.41) is 0. The normalized spacial score (nSPS) is 42.5. The monoisotopic (exact) mass is 249 g/mol. The summed E-state index contributed by atoms with van der Waals surface area (Å²) in [6.45, 7) is 5.20. The van der Waals surface area contributed by atoms with E-state index in [4.69, 9.17) is 0 Å². The van der Waals surface area contributed by atoms with Crippen molar-refractivity contribution in [2.75, 3.05) is 13.1 Å². The Hall–Kier alpha value is -0.0400. The minimum absolute atomic E-state index is 0.957. The maximum Gasteiger partial charge on any atom is 0.00982 e. The predicted molar refractivity (Wildman–Crippen MR) is 77.7 cm³/mol. The molecule has 0 spiro atoms. The van der Waals surface area contributed by atoms with Gasteiger partial charge in [-0.25, -0.2) is 0 Å². The van der Waals surface area contributed by atoms with Crippen molar-refractivity contribution in [2.45, 2.75) is 77.2 Å². The Bertz CT molecular complexity index is 262. The quantitative estimate of drug-likeness (QED) is 0.698. The number of likely N-dealkylation sites (tertiary alicyclic amines) is 1. The van der Waals surface area contributed by atoms with Crippen molar-refractivity contribution >= 4 is 0 Å². The highest BCUT2D eigenvalue weighted by Gasteiger charge is 2.35. The fraction of sp³-hybridized carbons (Fsp3) is 1.00. The lowest BCUT2D eigenvalue weighted by atomic mass is 9.69. The molecule has 0 bridgehead atoms. The number of hydrogen-bond acceptors (Lipinski definition) is 1. The molecule has 0 N–H and O–H groups in total. The van der Waals surface area contributed by atoms with Crippen molar-refractivity contribution in [3.05, 3.63) is 0 Å². The van der Waals surface area contributed by atoms with E-state index in [9.17, 15) is 0 Å². The minimum Gasteiger partial charge on any atom is -0.300 e. The zero-order chi connectivity index (χ0) is 12.4. The Labute approximate surface area is 113 Å². The summed E-state index contributed by atoms with van der Waals surface area (Å²) in [6, 6.07) is 0.957. The molecule has 2 aliphatic carbocycles. The molecule has 1 saturated heterocycles. The Morgan fingerprint density at radius 2 is 1.72 bits per heavy atom. The van der Waals surface area contributed by atoms with Gasteiger partial charge >= 0.3 is 0 Å². The molecule has 104 valence electrons. The first-order valence-corrected chi connectivity index (χ1v) is 8.61. The molecule has 3 rings (SSSR count). The SMILES string of the molecule is CCC1CCCN([C@@H]2CC[C@@H]3CCCCC3C2)C1. The zero-order valence-corrected chi connectivity index (χ0v) is 12.2. The van der Waals surface area contributed by atoms with Gasteiger partial charge in [-0.3, -0.25) is 0 Å². The van der Waals surface area contributed by atoms with Gasteiger partial charge in [0.25, 0.3) is 0 Å². The highest BCUT2D eigenvalue weighted by molar-refractivity contribution is 4.89. The van der Waals surface area contributed by atoms with Crippen LogP contribution in [-0.2, 0) is 0 Å². The highest BCUT2D eigenvalue weighted by atomic mass is 15.2. The molecule has 0 aromatic heterocycles. The van der Waals surface area contributed by atoms with Crippen LogP contribution in [0.25, 0.3) is 0 Å². The van der Waals surface area contributed by atoms with Crippen LogP contribution >= 0.6 is 0 Å². The fourth-order valence-corrected chi connectivity index (χ4v) is 4.94. The van der Waals surface area contributed by atoms with E-state index >= 15 is 0 Å². The first-order valence-electron chi connectivity index (χ1n) is 8.61. The smallest absolute Gasteiger partial charge is 0.00982 e. The van der Waals surface area contributed by atoms with Crippen LogP contribution in [0.5, 0.6) is 0 Å². The van der Waals surface area contributed by atoms with E-state index in [-0.39, 0.29) is 0 Å². The standard InChI is InChI=1S/C17H31N/c1-2-14-6-5-11-18(13-14)17-10-9-15-7-3-4-8-16(15)12-17/h14-17H,2-13H2,1H3/t14?,15-,16?,17+/m0/s1. The van der Waals surface area contributed by atoms with Gasteiger partial charge in [-0.15, -0.1) is 0 Å². The van der Waals surface area contributed by atoms with Crippen molar-refractivity contribution in [1.29, 1.82) is 0 Å². The molecule has 1 aliphatic heterocycles. The number of piperidine rings is 1. The van der Waals surface area contributed by atoms with E-state index in [1.165, 1.54) is 51.6 Å². The van der Waals surface area contributed by atoms with Gasteiger partial charge in [-0.05, 0) is 56.4 Å². The molecule has 1 heteroatoms. The summed E-state index contributed by atoms with van der Waals surface area (Å²) in [5.74, 6) is 3.21. The van der Waals surface area contributed by atoms with Gasteiger partial charge in [0.2, 0.25) is 0 Å². The van der Waals surface area contributed by atoms with E-state index in [1.807, 2.05) is 0 Å². The number of hydrogen-bond donors (Lipinski definition) is 0. The molecule has 1 nitrogen and oxygen atoms in total. The van der Waals surface area contributed by atoms with Gasteiger partial charge in [0.1, 0.15) is 0 Å². The number of fused-ring (bicyclic) bond motifs is 1. The molecule has 0 aromatic rings. The third kappa shape index (κ3) is 2.76. The average molecular weight is 249 g/mol. The molecule has 2 saturated carbocycles. The van der Waals surface area contributed by atoms with Gasteiger partial charge in [-0.2, -0.15) is 0 Å². The first-order chi connectivity index (χ1) is 8.86. The molecule has 0 amide bonds. The van der Waals surface area contributed by atoms with Crippen molar-refractivity contribution in [2.24, 2.45) is 17.8 Å². The summed E-state index contributed by atoms with van der Waals surface area (Å²) in [4.78, 5) is 2.88. The molecular weight excluding hydrogens is 218 g/mol. The van der Waals surface area contributed by atoms with Gasteiger partial charge in [0.05, 0.1) is 0 Å². The summed E-state index contributed by atoms with van der Waals surface area (Å²) in [6.07, 6.45) is 15.1. The molecular formula is C17H31N. The van der Waals surface area contributed by atoms with Gasteiger partial charge in [0, 0.05) is 12.6 Å². The second-order valence-corrected chi connectivity index (χ2v) is 7.18. The largest absolute Gasteiger partial charge is 0.300 e. The summed E-state index contributed by atoms with van der Waals surface area (Å²) < 4.78 is 0. The van der Waals surface area contributed by atoms with Gasteiger partial charge in [-0.1, -0.05) is 39.0 Å². The lowest BCUT2D eigenvalue weighted by Crippen LogP contribution is -2.46. The molecule has 3 aliphatic rings. The highest BCUT2D eigenvalue weighted by Crippen LogP contribution is 2.42. The second kappa shape index (κ2) is 5.94. The molecule has 18 heavy (non-hydrogen) atoms. The van der Waals surface area contributed by atoms with Crippen molar-refractivity contribution in [3.8, 4) is 0 Å². The maximum atomic E-state index is 2.88. The van der Waals surface area contributed by atoms with E-state index in [0.29, 0.717) is 0 Å². The van der Waals surface area contributed by atoms with Crippen LogP contribution < -0.4 is 0 Å². The molecule has 3 fully saturated rings. The molecule has 2 unspecified atom stereocenters. The summed E-state index contributed by atoms with van der Waals surface area (Å²) in [5.41, 5.74) is 0. The van der Waals surface area contributed by atoms with E-state index in [2.05, 4.69) is 11.8 Å². The van der Waals surface area contributed by atoms with E-state index in [0.717, 1.165) is 23.8 Å². The first kappa shape index (κ1) is 13.0.